The molecular weight excluding hydrogens is 268 g/mol. The second kappa shape index (κ2) is 5.09. The van der Waals surface area contributed by atoms with Crippen LogP contribution in [0.5, 0.6) is 5.75 Å². The van der Waals surface area contributed by atoms with E-state index in [1.54, 1.807) is 18.2 Å². The van der Waals surface area contributed by atoms with Crippen LogP contribution < -0.4 is 15.4 Å². The van der Waals surface area contributed by atoms with E-state index >= 15 is 0 Å². The Morgan fingerprint density at radius 2 is 2.26 bits per heavy atom. The van der Waals surface area contributed by atoms with Gasteiger partial charge in [-0.1, -0.05) is 18.5 Å². The zero-order chi connectivity index (χ0) is 14.0. The van der Waals surface area contributed by atoms with Crippen molar-refractivity contribution >= 4 is 29.1 Å². The molecule has 0 saturated heterocycles. The van der Waals surface area contributed by atoms with Gasteiger partial charge in [-0.3, -0.25) is 9.59 Å². The number of halogens is 1. The average Bonchev–Trinajstić information content (AvgIpc) is 2.37. The number of anilines is 1. The van der Waals surface area contributed by atoms with Crippen molar-refractivity contribution in [1.29, 1.82) is 0 Å². The topological polar surface area (TPSA) is 67.4 Å². The Bertz CT molecular complexity index is 533. The number of nitrogens with one attached hydrogen (secondary N) is 2. The van der Waals surface area contributed by atoms with Crippen LogP contribution in [-0.4, -0.2) is 24.0 Å². The Hall–Kier alpha value is -1.75. The molecule has 0 saturated carbocycles. The van der Waals surface area contributed by atoms with Gasteiger partial charge in [-0.05, 0) is 31.5 Å². The fraction of sp³-hybridized carbons (Fsp3) is 0.385. The maximum Gasteiger partial charge on any atom is 0.278 e. The van der Waals surface area contributed by atoms with Gasteiger partial charge in [-0.2, -0.15) is 0 Å². The van der Waals surface area contributed by atoms with Crippen molar-refractivity contribution in [2.75, 3.05) is 11.9 Å². The number of ether oxygens (including phenoxy) is 1. The van der Waals surface area contributed by atoms with Gasteiger partial charge in [0.2, 0.25) is 0 Å². The van der Waals surface area contributed by atoms with Gasteiger partial charge >= 0.3 is 0 Å². The summed E-state index contributed by atoms with van der Waals surface area (Å²) in [6.45, 7) is 3.88. The molecule has 1 unspecified atom stereocenters. The summed E-state index contributed by atoms with van der Waals surface area (Å²) >= 11 is 5.84. The van der Waals surface area contributed by atoms with Crippen LogP contribution in [0.3, 0.4) is 0 Å². The second-order valence-electron chi connectivity index (χ2n) is 4.49. The van der Waals surface area contributed by atoms with Gasteiger partial charge in [0.15, 0.2) is 0 Å². The molecule has 2 rings (SSSR count). The van der Waals surface area contributed by atoms with Crippen molar-refractivity contribution in [3.05, 3.63) is 23.2 Å². The quantitative estimate of drug-likeness (QED) is 0.833. The van der Waals surface area contributed by atoms with E-state index in [2.05, 4.69) is 10.6 Å². The number of amides is 2. The van der Waals surface area contributed by atoms with Crippen LogP contribution in [-0.2, 0) is 9.59 Å². The van der Waals surface area contributed by atoms with E-state index in [0.29, 0.717) is 23.0 Å². The van der Waals surface area contributed by atoms with Crippen LogP contribution >= 0.6 is 11.6 Å². The van der Waals surface area contributed by atoms with Crippen LogP contribution in [0.4, 0.5) is 5.69 Å². The normalized spacial score (nSPS) is 21.1. The van der Waals surface area contributed by atoms with Gasteiger partial charge in [0.05, 0.1) is 5.69 Å². The number of carbonyl (C=O) groups is 2. The Morgan fingerprint density at radius 3 is 2.95 bits per heavy atom. The molecule has 0 spiro atoms. The highest BCUT2D eigenvalue weighted by atomic mass is 35.5. The molecule has 2 N–H and O–H groups in total. The summed E-state index contributed by atoms with van der Waals surface area (Å²) in [4.78, 5) is 24.1. The molecule has 1 aromatic rings. The maximum atomic E-state index is 12.1. The van der Waals surface area contributed by atoms with E-state index in [4.69, 9.17) is 16.3 Å². The lowest BCUT2D eigenvalue weighted by atomic mass is 10.0. The first kappa shape index (κ1) is 13.7. The number of hydrogen-bond donors (Lipinski definition) is 2. The molecule has 0 aliphatic carbocycles. The second-order valence-corrected chi connectivity index (χ2v) is 4.92. The fourth-order valence-electron chi connectivity index (χ4n) is 1.75. The lowest BCUT2D eigenvalue weighted by Gasteiger charge is -2.33. The number of carbonyl (C=O) groups excluding carboxylic acids is 2. The van der Waals surface area contributed by atoms with Crippen LogP contribution in [0.1, 0.15) is 20.3 Å². The standard InChI is InChI=1S/C13H15ClN2O3/c1-3-6-15-11(17)13(2)12(18)16-9-7-8(14)4-5-10(9)19-13/h4-5,7H,3,6H2,1-2H3,(H,15,17)(H,16,18). The van der Waals surface area contributed by atoms with Gasteiger partial charge in [0.1, 0.15) is 5.75 Å². The fourth-order valence-corrected chi connectivity index (χ4v) is 1.93. The summed E-state index contributed by atoms with van der Waals surface area (Å²) in [5, 5.41) is 5.79. The predicted octanol–water partition coefficient (Wildman–Crippen LogP) is 1.96. The third-order valence-corrected chi connectivity index (χ3v) is 3.14. The zero-order valence-electron chi connectivity index (χ0n) is 10.7. The van der Waals surface area contributed by atoms with E-state index in [-0.39, 0.29) is 0 Å². The minimum Gasteiger partial charge on any atom is -0.466 e. The molecule has 1 aliphatic heterocycles. The Balaban J connectivity index is 2.27. The van der Waals surface area contributed by atoms with Gasteiger partial charge in [-0.25, -0.2) is 0 Å². The maximum absolute atomic E-state index is 12.1. The number of hydrogen-bond acceptors (Lipinski definition) is 3. The Morgan fingerprint density at radius 1 is 1.53 bits per heavy atom. The van der Waals surface area contributed by atoms with E-state index in [1.807, 2.05) is 6.92 Å². The molecule has 0 aromatic heterocycles. The van der Waals surface area contributed by atoms with E-state index in [1.165, 1.54) is 6.92 Å². The average molecular weight is 283 g/mol. The molecule has 0 fully saturated rings. The summed E-state index contributed by atoms with van der Waals surface area (Å²) < 4.78 is 5.56. The Labute approximate surface area is 116 Å². The highest BCUT2D eigenvalue weighted by Gasteiger charge is 2.47. The predicted molar refractivity (Wildman–Crippen MR) is 72.4 cm³/mol. The Kier molecular flexibility index (Phi) is 3.66. The molecule has 19 heavy (non-hydrogen) atoms. The molecule has 6 heteroatoms. The molecular formula is C13H15ClN2O3. The molecule has 1 aromatic carbocycles. The molecule has 1 heterocycles. The first-order valence-electron chi connectivity index (χ1n) is 6.05. The van der Waals surface area contributed by atoms with Crippen molar-refractivity contribution in [3.8, 4) is 5.75 Å². The largest absolute Gasteiger partial charge is 0.466 e. The highest BCUT2D eigenvalue weighted by molar-refractivity contribution is 6.31. The summed E-state index contributed by atoms with van der Waals surface area (Å²) in [6.07, 6.45) is 0.787. The highest BCUT2D eigenvalue weighted by Crippen LogP contribution is 2.35. The van der Waals surface area contributed by atoms with Gasteiger partial charge < -0.3 is 15.4 Å². The number of rotatable bonds is 3. The summed E-state index contributed by atoms with van der Waals surface area (Å²) in [6, 6.07) is 4.85. The van der Waals surface area contributed by atoms with E-state index in [0.717, 1.165) is 6.42 Å². The van der Waals surface area contributed by atoms with Crippen molar-refractivity contribution in [3.63, 3.8) is 0 Å². The van der Waals surface area contributed by atoms with Crippen molar-refractivity contribution in [1.82, 2.24) is 5.32 Å². The van der Waals surface area contributed by atoms with E-state index in [9.17, 15) is 9.59 Å². The van der Waals surface area contributed by atoms with Crippen LogP contribution in [0.2, 0.25) is 5.02 Å². The van der Waals surface area contributed by atoms with Gasteiger partial charge in [0, 0.05) is 11.6 Å². The molecule has 0 radical (unpaired) electrons. The van der Waals surface area contributed by atoms with Crippen LogP contribution in [0.15, 0.2) is 18.2 Å². The molecule has 1 aliphatic rings. The molecule has 102 valence electrons. The van der Waals surface area contributed by atoms with Crippen LogP contribution in [0.25, 0.3) is 0 Å². The van der Waals surface area contributed by atoms with Crippen molar-refractivity contribution in [2.45, 2.75) is 25.9 Å². The lowest BCUT2D eigenvalue weighted by Crippen LogP contribution is -2.58. The number of benzene rings is 1. The summed E-state index contributed by atoms with van der Waals surface area (Å²) in [7, 11) is 0. The van der Waals surface area contributed by atoms with Crippen LogP contribution in [0, 0.1) is 0 Å². The summed E-state index contributed by atoms with van der Waals surface area (Å²) in [5.41, 5.74) is -1.09. The SMILES string of the molecule is CCCNC(=O)C1(C)Oc2ccc(Cl)cc2NC1=O. The molecule has 5 nitrogen and oxygen atoms in total. The smallest absolute Gasteiger partial charge is 0.278 e. The zero-order valence-corrected chi connectivity index (χ0v) is 11.5. The van der Waals surface area contributed by atoms with Gasteiger partial charge in [-0.15, -0.1) is 0 Å². The molecule has 2 amide bonds. The first-order chi connectivity index (χ1) is 8.97. The minimum absolute atomic E-state index is 0.429. The monoisotopic (exact) mass is 282 g/mol. The van der Waals surface area contributed by atoms with Crippen molar-refractivity contribution in [2.24, 2.45) is 0 Å². The third-order valence-electron chi connectivity index (χ3n) is 2.91. The minimum atomic E-state index is -1.56. The first-order valence-corrected chi connectivity index (χ1v) is 6.43. The van der Waals surface area contributed by atoms with Gasteiger partial charge in [0.25, 0.3) is 17.4 Å². The summed E-state index contributed by atoms with van der Waals surface area (Å²) in [5.74, 6) is -0.526. The van der Waals surface area contributed by atoms with E-state index < -0.39 is 17.4 Å². The third kappa shape index (κ3) is 2.51. The van der Waals surface area contributed by atoms with Crippen molar-refractivity contribution < 1.29 is 14.3 Å². The number of fused-ring (bicyclic) bond motifs is 1. The lowest BCUT2D eigenvalue weighted by molar-refractivity contribution is -0.146. The molecule has 1 atom stereocenters. The molecule has 0 bridgehead atoms.